The molecule has 1 aromatic carbocycles. The standard InChI is InChI=1S/C15H18N2O2S/c1-10(2)13-9-20-14(17-13)8-16-7-11-3-5-12(6-4-11)15(18)19/h3-6,9-10,16H,7-8H2,1-2H3,(H,18,19). The second-order valence-corrected chi connectivity index (χ2v) is 5.87. The molecular weight excluding hydrogens is 272 g/mol. The first-order valence-electron chi connectivity index (χ1n) is 6.53. The van der Waals surface area contributed by atoms with Crippen molar-refractivity contribution in [2.24, 2.45) is 0 Å². The summed E-state index contributed by atoms with van der Waals surface area (Å²) >= 11 is 1.67. The molecule has 0 atom stereocenters. The fourth-order valence-electron chi connectivity index (χ4n) is 1.75. The van der Waals surface area contributed by atoms with Crippen molar-refractivity contribution in [3.63, 3.8) is 0 Å². The lowest BCUT2D eigenvalue weighted by Gasteiger charge is -2.03. The van der Waals surface area contributed by atoms with Gasteiger partial charge in [-0.15, -0.1) is 11.3 Å². The molecule has 4 nitrogen and oxygen atoms in total. The summed E-state index contributed by atoms with van der Waals surface area (Å²) in [5, 5.41) is 15.3. The van der Waals surface area contributed by atoms with Gasteiger partial charge >= 0.3 is 5.97 Å². The Labute approximate surface area is 122 Å². The Morgan fingerprint density at radius 3 is 2.55 bits per heavy atom. The van der Waals surface area contributed by atoms with Crippen LogP contribution in [0.1, 0.15) is 46.4 Å². The summed E-state index contributed by atoms with van der Waals surface area (Å²) in [6.07, 6.45) is 0. The number of hydrogen-bond acceptors (Lipinski definition) is 4. The molecule has 2 aromatic rings. The first-order chi connectivity index (χ1) is 9.56. The van der Waals surface area contributed by atoms with E-state index < -0.39 is 5.97 Å². The summed E-state index contributed by atoms with van der Waals surface area (Å²) in [5.74, 6) is -0.433. The average Bonchev–Trinajstić information content (AvgIpc) is 2.88. The second-order valence-electron chi connectivity index (χ2n) is 4.93. The van der Waals surface area contributed by atoms with Crippen LogP contribution < -0.4 is 5.32 Å². The average molecular weight is 290 g/mol. The summed E-state index contributed by atoms with van der Waals surface area (Å²) in [7, 11) is 0. The number of benzene rings is 1. The molecule has 0 spiro atoms. The van der Waals surface area contributed by atoms with E-state index in [1.165, 1.54) is 0 Å². The van der Waals surface area contributed by atoms with Crippen LogP contribution in [0.15, 0.2) is 29.6 Å². The molecule has 2 rings (SSSR count). The molecule has 2 N–H and O–H groups in total. The Kier molecular flexibility index (Phi) is 4.87. The Bertz CT molecular complexity index is 576. The molecule has 0 unspecified atom stereocenters. The molecule has 1 aromatic heterocycles. The number of rotatable bonds is 6. The minimum Gasteiger partial charge on any atom is -0.478 e. The fraction of sp³-hybridized carbons (Fsp3) is 0.333. The zero-order valence-electron chi connectivity index (χ0n) is 11.6. The van der Waals surface area contributed by atoms with Crippen LogP contribution in [0.4, 0.5) is 0 Å². The highest BCUT2D eigenvalue weighted by Crippen LogP contribution is 2.17. The molecule has 0 saturated carbocycles. The van der Waals surface area contributed by atoms with Crippen molar-refractivity contribution in [1.82, 2.24) is 10.3 Å². The maximum Gasteiger partial charge on any atom is 0.335 e. The van der Waals surface area contributed by atoms with Gasteiger partial charge in [-0.3, -0.25) is 0 Å². The SMILES string of the molecule is CC(C)c1csc(CNCc2ccc(C(=O)O)cc2)n1. The van der Waals surface area contributed by atoms with Crippen molar-refractivity contribution in [1.29, 1.82) is 0 Å². The van der Waals surface area contributed by atoms with Gasteiger partial charge in [-0.25, -0.2) is 9.78 Å². The number of nitrogens with zero attached hydrogens (tertiary/aromatic N) is 1. The highest BCUT2D eigenvalue weighted by molar-refractivity contribution is 7.09. The normalized spacial score (nSPS) is 10.9. The largest absolute Gasteiger partial charge is 0.478 e. The lowest BCUT2D eigenvalue weighted by molar-refractivity contribution is 0.0697. The van der Waals surface area contributed by atoms with Crippen molar-refractivity contribution < 1.29 is 9.90 Å². The zero-order valence-corrected chi connectivity index (χ0v) is 12.4. The number of aromatic nitrogens is 1. The van der Waals surface area contributed by atoms with Gasteiger partial charge in [0.05, 0.1) is 11.3 Å². The van der Waals surface area contributed by atoms with E-state index in [9.17, 15) is 4.79 Å². The smallest absolute Gasteiger partial charge is 0.335 e. The van der Waals surface area contributed by atoms with Crippen molar-refractivity contribution in [2.45, 2.75) is 32.9 Å². The van der Waals surface area contributed by atoms with E-state index in [1.54, 1.807) is 23.5 Å². The number of aromatic carboxylic acids is 1. The van der Waals surface area contributed by atoms with Gasteiger partial charge in [-0.1, -0.05) is 26.0 Å². The Morgan fingerprint density at radius 1 is 1.30 bits per heavy atom. The molecule has 1 heterocycles. The van der Waals surface area contributed by atoms with Crippen LogP contribution in [0.3, 0.4) is 0 Å². The molecule has 0 radical (unpaired) electrons. The molecule has 0 saturated heterocycles. The van der Waals surface area contributed by atoms with Crippen molar-refractivity contribution in [3.05, 3.63) is 51.5 Å². The summed E-state index contributed by atoms with van der Waals surface area (Å²) in [4.78, 5) is 15.3. The minimum atomic E-state index is -0.895. The van der Waals surface area contributed by atoms with Gasteiger partial charge in [0.25, 0.3) is 0 Å². The molecule has 0 bridgehead atoms. The first kappa shape index (κ1) is 14.7. The lowest BCUT2D eigenvalue weighted by atomic mass is 10.1. The number of carboxylic acids is 1. The van der Waals surface area contributed by atoms with Crippen LogP contribution >= 0.6 is 11.3 Å². The van der Waals surface area contributed by atoms with Gasteiger partial charge in [-0.2, -0.15) is 0 Å². The van der Waals surface area contributed by atoms with Crippen LogP contribution in [-0.2, 0) is 13.1 Å². The van der Waals surface area contributed by atoms with Crippen LogP contribution in [0, 0.1) is 0 Å². The van der Waals surface area contributed by atoms with Gasteiger partial charge in [0.2, 0.25) is 0 Å². The van der Waals surface area contributed by atoms with Gasteiger partial charge in [0.15, 0.2) is 0 Å². The van der Waals surface area contributed by atoms with E-state index in [-0.39, 0.29) is 0 Å². The van der Waals surface area contributed by atoms with Crippen LogP contribution in [0.5, 0.6) is 0 Å². The van der Waals surface area contributed by atoms with Crippen LogP contribution in [0.2, 0.25) is 0 Å². The topological polar surface area (TPSA) is 62.2 Å². The van der Waals surface area contributed by atoms with E-state index >= 15 is 0 Å². The van der Waals surface area contributed by atoms with Gasteiger partial charge in [0, 0.05) is 18.5 Å². The van der Waals surface area contributed by atoms with Crippen molar-refractivity contribution in [2.75, 3.05) is 0 Å². The molecule has 20 heavy (non-hydrogen) atoms. The summed E-state index contributed by atoms with van der Waals surface area (Å²) in [6.45, 7) is 5.71. The number of nitrogens with one attached hydrogen (secondary N) is 1. The van der Waals surface area contributed by atoms with Crippen molar-refractivity contribution >= 4 is 17.3 Å². The summed E-state index contributed by atoms with van der Waals surface area (Å²) < 4.78 is 0. The molecule has 0 aliphatic rings. The molecule has 0 fully saturated rings. The zero-order chi connectivity index (χ0) is 14.5. The summed E-state index contributed by atoms with van der Waals surface area (Å²) in [5.41, 5.74) is 2.52. The molecule has 0 amide bonds. The third-order valence-electron chi connectivity index (χ3n) is 2.97. The first-order valence-corrected chi connectivity index (χ1v) is 7.41. The maximum atomic E-state index is 10.7. The number of hydrogen-bond donors (Lipinski definition) is 2. The number of carboxylic acid groups (broad SMARTS) is 1. The maximum absolute atomic E-state index is 10.7. The van der Waals surface area contributed by atoms with E-state index in [0.29, 0.717) is 18.0 Å². The van der Waals surface area contributed by atoms with E-state index in [2.05, 4.69) is 29.5 Å². The highest BCUT2D eigenvalue weighted by Gasteiger charge is 2.05. The van der Waals surface area contributed by atoms with Crippen molar-refractivity contribution in [3.8, 4) is 0 Å². The molecule has 106 valence electrons. The van der Waals surface area contributed by atoms with Crippen LogP contribution in [-0.4, -0.2) is 16.1 Å². The second kappa shape index (κ2) is 6.63. The molecule has 0 aliphatic carbocycles. The third-order valence-corrected chi connectivity index (χ3v) is 3.83. The Balaban J connectivity index is 1.84. The predicted octanol–water partition coefficient (Wildman–Crippen LogP) is 3.25. The molecular formula is C15H18N2O2S. The van der Waals surface area contributed by atoms with Crippen LogP contribution in [0.25, 0.3) is 0 Å². The minimum absolute atomic E-state index is 0.315. The quantitative estimate of drug-likeness (QED) is 0.857. The monoisotopic (exact) mass is 290 g/mol. The highest BCUT2D eigenvalue weighted by atomic mass is 32.1. The Hall–Kier alpha value is -1.72. The third kappa shape index (κ3) is 3.88. The predicted molar refractivity (Wildman–Crippen MR) is 80.1 cm³/mol. The van der Waals surface area contributed by atoms with E-state index in [1.807, 2.05) is 12.1 Å². The van der Waals surface area contributed by atoms with Gasteiger partial charge in [-0.05, 0) is 23.6 Å². The van der Waals surface area contributed by atoms with E-state index in [0.717, 1.165) is 22.8 Å². The number of thiazole rings is 1. The Morgan fingerprint density at radius 2 is 2.00 bits per heavy atom. The number of carbonyl (C=O) groups is 1. The van der Waals surface area contributed by atoms with Gasteiger partial charge in [0.1, 0.15) is 5.01 Å². The van der Waals surface area contributed by atoms with E-state index in [4.69, 9.17) is 5.11 Å². The lowest BCUT2D eigenvalue weighted by Crippen LogP contribution is -2.12. The molecule has 5 heteroatoms. The fourth-order valence-corrected chi connectivity index (χ4v) is 2.68. The summed E-state index contributed by atoms with van der Waals surface area (Å²) in [6, 6.07) is 6.91. The van der Waals surface area contributed by atoms with Gasteiger partial charge < -0.3 is 10.4 Å². The molecule has 0 aliphatic heterocycles.